The molecule has 160 valence electrons. The Balaban J connectivity index is 1.35. The monoisotopic (exact) mass is 457 g/mol. The van der Waals surface area contributed by atoms with Gasteiger partial charge in [0.25, 0.3) is 11.5 Å². The molecule has 1 amide bonds. The molecule has 3 aromatic heterocycles. The van der Waals surface area contributed by atoms with E-state index in [2.05, 4.69) is 20.5 Å². The summed E-state index contributed by atoms with van der Waals surface area (Å²) in [6.07, 6.45) is -0.691. The Labute approximate surface area is 185 Å². The molecule has 0 unspecified atom stereocenters. The summed E-state index contributed by atoms with van der Waals surface area (Å²) in [5.41, 5.74) is 1.85. The second-order valence-corrected chi connectivity index (χ2v) is 9.01. The molecule has 0 saturated carbocycles. The number of hydrogen-bond acceptors (Lipinski definition) is 9. The third kappa shape index (κ3) is 5.12. The van der Waals surface area contributed by atoms with Gasteiger partial charge >= 0.3 is 0 Å². The molecule has 0 aliphatic heterocycles. The normalized spacial score (nSPS) is 12.1. The highest BCUT2D eigenvalue weighted by molar-refractivity contribution is 8.00. The van der Waals surface area contributed by atoms with Gasteiger partial charge in [0.05, 0.1) is 5.69 Å². The van der Waals surface area contributed by atoms with Crippen LogP contribution in [0, 0.1) is 13.8 Å². The van der Waals surface area contributed by atoms with Crippen LogP contribution in [0.25, 0.3) is 5.65 Å². The van der Waals surface area contributed by atoms with Crippen LogP contribution in [0.15, 0.2) is 50.1 Å². The molecule has 9 nitrogen and oxygen atoms in total. The minimum absolute atomic E-state index is 0.276. The molecule has 1 atom stereocenters. The lowest BCUT2D eigenvalue weighted by atomic mass is 10.2. The van der Waals surface area contributed by atoms with Crippen LogP contribution in [0.2, 0.25) is 0 Å². The Kier molecular flexibility index (Phi) is 6.05. The van der Waals surface area contributed by atoms with Crippen molar-refractivity contribution < 1.29 is 14.1 Å². The number of aromatic nitrogens is 4. The molecule has 31 heavy (non-hydrogen) atoms. The van der Waals surface area contributed by atoms with Crippen molar-refractivity contribution in [3.8, 4) is 5.75 Å². The van der Waals surface area contributed by atoms with Crippen LogP contribution in [0.3, 0.4) is 0 Å². The molecule has 3 heterocycles. The first-order chi connectivity index (χ1) is 14.9. The van der Waals surface area contributed by atoms with Gasteiger partial charge in [-0.15, -0.1) is 14.8 Å². The Hall–Kier alpha value is -3.18. The van der Waals surface area contributed by atoms with Crippen molar-refractivity contribution in [2.75, 3.05) is 5.32 Å². The van der Waals surface area contributed by atoms with Gasteiger partial charge in [0, 0.05) is 17.9 Å². The van der Waals surface area contributed by atoms with Gasteiger partial charge in [0.2, 0.25) is 5.13 Å². The second kappa shape index (κ2) is 8.90. The van der Waals surface area contributed by atoms with E-state index in [4.69, 9.17) is 9.26 Å². The fraction of sp³-hybridized carbons (Fsp3) is 0.250. The summed E-state index contributed by atoms with van der Waals surface area (Å²) in [4.78, 5) is 28.9. The molecule has 4 rings (SSSR count). The highest BCUT2D eigenvalue weighted by Gasteiger charge is 2.17. The number of fused-ring (bicyclic) bond motifs is 1. The third-order valence-corrected chi connectivity index (χ3v) is 6.18. The average molecular weight is 458 g/mol. The smallest absolute Gasteiger partial charge is 0.287 e. The van der Waals surface area contributed by atoms with Crippen LogP contribution >= 0.6 is 23.1 Å². The molecule has 0 aliphatic rings. The summed E-state index contributed by atoms with van der Waals surface area (Å²) in [6.45, 7) is 5.39. The second-order valence-electron chi connectivity index (χ2n) is 6.81. The number of ether oxygens (including phenoxy) is 1. The van der Waals surface area contributed by atoms with Crippen LogP contribution in [-0.2, 0) is 10.5 Å². The number of carbonyl (C=O) groups is 1. The Morgan fingerprint density at radius 1 is 1.29 bits per heavy atom. The van der Waals surface area contributed by atoms with Gasteiger partial charge in [-0.25, -0.2) is 4.98 Å². The number of anilines is 1. The van der Waals surface area contributed by atoms with E-state index in [1.54, 1.807) is 26.0 Å². The number of aryl methyl sites for hydroxylation is 2. The number of nitrogens with zero attached hydrogens (tertiary/aromatic N) is 4. The van der Waals surface area contributed by atoms with Crippen LogP contribution in [0.1, 0.15) is 23.9 Å². The Bertz CT molecular complexity index is 1300. The molecule has 4 aromatic rings. The fourth-order valence-electron chi connectivity index (χ4n) is 2.76. The lowest BCUT2D eigenvalue weighted by molar-refractivity contribution is -0.122. The van der Waals surface area contributed by atoms with E-state index in [0.29, 0.717) is 38.1 Å². The summed E-state index contributed by atoms with van der Waals surface area (Å²) in [5, 5.41) is 11.2. The molecular formula is C20H19N5O4S2. The number of rotatable bonds is 7. The lowest BCUT2D eigenvalue weighted by Crippen LogP contribution is -2.30. The molecule has 0 bridgehead atoms. The Morgan fingerprint density at radius 2 is 2.13 bits per heavy atom. The zero-order valence-electron chi connectivity index (χ0n) is 17.0. The SMILES string of the molecule is Cc1cccc(O[C@H](C)C(=O)Nc2nnc(SCc3cc(=O)n4oc(C)cc4n3)s2)c1. The number of benzene rings is 1. The van der Waals surface area contributed by atoms with E-state index in [1.807, 2.05) is 25.1 Å². The topological polar surface area (TPSA) is 112 Å². The van der Waals surface area contributed by atoms with Gasteiger partial charge in [-0.3, -0.25) is 14.9 Å². The minimum atomic E-state index is -0.691. The maximum absolute atomic E-state index is 12.4. The summed E-state index contributed by atoms with van der Waals surface area (Å²) >= 11 is 2.62. The molecule has 1 N–H and O–H groups in total. The number of amides is 1. The van der Waals surface area contributed by atoms with Gasteiger partial charge < -0.3 is 9.26 Å². The molecule has 11 heteroatoms. The standard InChI is InChI=1S/C20H19N5O4S2/c1-11-5-4-6-15(7-11)28-13(3)18(27)22-19-23-24-20(31-19)30-10-14-9-17(26)25-16(21-14)8-12(2)29-25/h4-9,13H,10H2,1-3H3,(H,22,23,27)/t13-/m1/s1. The fourth-order valence-corrected chi connectivity index (χ4v) is 4.40. The molecule has 0 radical (unpaired) electrons. The average Bonchev–Trinajstić information content (AvgIpc) is 3.32. The van der Waals surface area contributed by atoms with E-state index in [-0.39, 0.29) is 11.5 Å². The predicted octanol–water partition coefficient (Wildman–Crippen LogP) is 3.45. The van der Waals surface area contributed by atoms with Crippen molar-refractivity contribution >= 4 is 39.8 Å². The summed E-state index contributed by atoms with van der Waals surface area (Å²) in [5.74, 6) is 1.36. The summed E-state index contributed by atoms with van der Waals surface area (Å²) in [7, 11) is 0. The largest absolute Gasteiger partial charge is 0.481 e. The number of hydrogen-bond donors (Lipinski definition) is 1. The van der Waals surface area contributed by atoms with Crippen LogP contribution in [0.5, 0.6) is 5.75 Å². The Morgan fingerprint density at radius 3 is 2.94 bits per heavy atom. The first kappa shape index (κ1) is 21.1. The van der Waals surface area contributed by atoms with Crippen molar-refractivity contribution in [1.82, 2.24) is 19.8 Å². The highest BCUT2D eigenvalue weighted by atomic mass is 32.2. The summed E-state index contributed by atoms with van der Waals surface area (Å²) in [6, 6.07) is 10.6. The van der Waals surface area contributed by atoms with E-state index in [9.17, 15) is 9.59 Å². The maximum atomic E-state index is 12.4. The first-order valence-corrected chi connectivity index (χ1v) is 11.2. The van der Waals surface area contributed by atoms with Gasteiger partial charge in [-0.05, 0) is 38.5 Å². The molecule has 0 fully saturated rings. The molecular weight excluding hydrogens is 438 g/mol. The van der Waals surface area contributed by atoms with Crippen molar-refractivity contribution in [1.29, 1.82) is 0 Å². The third-order valence-electron chi connectivity index (χ3n) is 4.18. The molecule has 0 saturated heterocycles. The molecule has 1 aromatic carbocycles. The zero-order valence-corrected chi connectivity index (χ0v) is 18.6. The number of thioether (sulfide) groups is 1. The van der Waals surface area contributed by atoms with Gasteiger partial charge in [0.15, 0.2) is 16.1 Å². The van der Waals surface area contributed by atoms with Crippen LogP contribution in [-0.4, -0.2) is 31.8 Å². The first-order valence-electron chi connectivity index (χ1n) is 9.37. The highest BCUT2D eigenvalue weighted by Crippen LogP contribution is 2.28. The minimum Gasteiger partial charge on any atom is -0.481 e. The van der Waals surface area contributed by atoms with Gasteiger partial charge in [0.1, 0.15) is 11.5 Å². The predicted molar refractivity (Wildman–Crippen MR) is 118 cm³/mol. The van der Waals surface area contributed by atoms with Gasteiger partial charge in [-0.1, -0.05) is 35.2 Å². The maximum Gasteiger partial charge on any atom is 0.287 e. The zero-order chi connectivity index (χ0) is 22.0. The van der Waals surface area contributed by atoms with E-state index in [1.165, 1.54) is 29.2 Å². The molecule has 0 aliphatic carbocycles. The molecule has 0 spiro atoms. The number of nitrogens with one attached hydrogen (secondary N) is 1. The van der Waals surface area contributed by atoms with Crippen LogP contribution < -0.4 is 15.6 Å². The van der Waals surface area contributed by atoms with Crippen LogP contribution in [0.4, 0.5) is 5.13 Å². The van der Waals surface area contributed by atoms with E-state index < -0.39 is 6.10 Å². The van der Waals surface area contributed by atoms with Crippen molar-refractivity contribution in [3.05, 3.63) is 63.8 Å². The van der Waals surface area contributed by atoms with Crippen molar-refractivity contribution in [2.24, 2.45) is 0 Å². The van der Waals surface area contributed by atoms with Gasteiger partial charge in [-0.2, -0.15) is 0 Å². The number of carbonyl (C=O) groups excluding carboxylic acids is 1. The van der Waals surface area contributed by atoms with E-state index >= 15 is 0 Å². The summed E-state index contributed by atoms with van der Waals surface area (Å²) < 4.78 is 12.8. The quantitative estimate of drug-likeness (QED) is 0.332. The van der Waals surface area contributed by atoms with Crippen molar-refractivity contribution in [2.45, 2.75) is 37.0 Å². The lowest BCUT2D eigenvalue weighted by Gasteiger charge is -2.13. The van der Waals surface area contributed by atoms with E-state index in [0.717, 1.165) is 10.1 Å². The van der Waals surface area contributed by atoms with Crippen molar-refractivity contribution in [3.63, 3.8) is 0 Å².